The van der Waals surface area contributed by atoms with Gasteiger partial charge in [0.1, 0.15) is 5.75 Å². The normalized spacial score (nSPS) is 11.0. The van der Waals surface area contributed by atoms with Crippen LogP contribution in [0, 0.1) is 0 Å². The van der Waals surface area contributed by atoms with Crippen molar-refractivity contribution in [1.29, 1.82) is 0 Å². The van der Waals surface area contributed by atoms with E-state index in [2.05, 4.69) is 5.32 Å². The Hall–Kier alpha value is -2.38. The Morgan fingerprint density at radius 1 is 1.04 bits per heavy atom. The van der Waals surface area contributed by atoms with E-state index >= 15 is 0 Å². The smallest absolute Gasteiger partial charge is 0.338 e. The summed E-state index contributed by atoms with van der Waals surface area (Å²) in [5.74, 6) is -2.04. The molecule has 0 bridgehead atoms. The second kappa shape index (κ2) is 8.82. The number of anilines is 1. The molecule has 0 atom stereocenters. The fourth-order valence-electron chi connectivity index (χ4n) is 2.19. The topological polar surface area (TPSA) is 89.5 Å². The third-order valence-corrected chi connectivity index (χ3v) is 5.06. The SMILES string of the molecule is CCOC(=O)c1ccc(CS(=O)(=O)CC(=O)Nc2ccc(Cl)cc2)cc1. The molecule has 0 unspecified atom stereocenters. The molecule has 6 nitrogen and oxygen atoms in total. The maximum Gasteiger partial charge on any atom is 0.338 e. The highest BCUT2D eigenvalue weighted by atomic mass is 35.5. The lowest BCUT2D eigenvalue weighted by atomic mass is 10.1. The van der Waals surface area contributed by atoms with E-state index in [9.17, 15) is 18.0 Å². The van der Waals surface area contributed by atoms with Gasteiger partial charge in [0.15, 0.2) is 9.84 Å². The molecular formula is C18H18ClNO5S. The summed E-state index contributed by atoms with van der Waals surface area (Å²) in [6.07, 6.45) is 0. The molecule has 8 heteroatoms. The number of ether oxygens (including phenoxy) is 1. The summed E-state index contributed by atoms with van der Waals surface area (Å²) in [5.41, 5.74) is 1.29. The van der Waals surface area contributed by atoms with E-state index in [1.54, 1.807) is 31.2 Å². The molecular weight excluding hydrogens is 378 g/mol. The van der Waals surface area contributed by atoms with E-state index in [1.165, 1.54) is 24.3 Å². The quantitative estimate of drug-likeness (QED) is 0.727. The van der Waals surface area contributed by atoms with Gasteiger partial charge in [0, 0.05) is 10.7 Å². The number of hydrogen-bond donors (Lipinski definition) is 1. The zero-order valence-electron chi connectivity index (χ0n) is 14.1. The minimum atomic E-state index is -3.66. The first-order valence-electron chi connectivity index (χ1n) is 7.81. The second-order valence-corrected chi connectivity index (χ2v) is 8.01. The van der Waals surface area contributed by atoms with Gasteiger partial charge in [-0.2, -0.15) is 0 Å². The molecule has 2 rings (SSSR count). The van der Waals surface area contributed by atoms with Crippen LogP contribution < -0.4 is 5.32 Å². The Bertz CT molecular complexity index is 877. The lowest BCUT2D eigenvalue weighted by Gasteiger charge is -2.07. The predicted octanol–water partition coefficient (Wildman–Crippen LogP) is 3.07. The second-order valence-electron chi connectivity index (χ2n) is 5.50. The number of nitrogens with one attached hydrogen (secondary N) is 1. The molecule has 0 saturated carbocycles. The fourth-order valence-corrected chi connectivity index (χ4v) is 3.59. The molecule has 26 heavy (non-hydrogen) atoms. The predicted molar refractivity (Wildman–Crippen MR) is 100.0 cm³/mol. The van der Waals surface area contributed by atoms with Gasteiger partial charge < -0.3 is 10.1 Å². The first kappa shape index (κ1) is 19.9. The van der Waals surface area contributed by atoms with E-state index < -0.39 is 27.5 Å². The molecule has 1 amide bonds. The number of esters is 1. The fraction of sp³-hybridized carbons (Fsp3) is 0.222. The van der Waals surface area contributed by atoms with Crippen molar-refractivity contribution >= 4 is 39.0 Å². The van der Waals surface area contributed by atoms with Crippen molar-refractivity contribution in [3.63, 3.8) is 0 Å². The molecule has 2 aromatic carbocycles. The number of halogens is 1. The van der Waals surface area contributed by atoms with Crippen LogP contribution in [-0.4, -0.2) is 32.7 Å². The van der Waals surface area contributed by atoms with Crippen LogP contribution in [0.4, 0.5) is 5.69 Å². The first-order chi connectivity index (χ1) is 12.3. The van der Waals surface area contributed by atoms with Gasteiger partial charge in [0.05, 0.1) is 17.9 Å². The van der Waals surface area contributed by atoms with Crippen LogP contribution in [0.15, 0.2) is 48.5 Å². The maximum atomic E-state index is 12.2. The lowest BCUT2D eigenvalue weighted by Crippen LogP contribution is -2.23. The zero-order chi connectivity index (χ0) is 19.2. The van der Waals surface area contributed by atoms with Crippen LogP contribution in [0.5, 0.6) is 0 Å². The third kappa shape index (κ3) is 6.16. The van der Waals surface area contributed by atoms with Crippen LogP contribution in [0.2, 0.25) is 5.02 Å². The summed E-state index contributed by atoms with van der Waals surface area (Å²) in [5, 5.41) is 3.03. The first-order valence-corrected chi connectivity index (χ1v) is 10.0. The van der Waals surface area contributed by atoms with Gasteiger partial charge in [-0.05, 0) is 48.9 Å². The van der Waals surface area contributed by atoms with Gasteiger partial charge >= 0.3 is 5.97 Å². The summed E-state index contributed by atoms with van der Waals surface area (Å²) in [4.78, 5) is 23.5. The van der Waals surface area contributed by atoms with Crippen molar-refractivity contribution in [1.82, 2.24) is 0 Å². The minimum Gasteiger partial charge on any atom is -0.462 e. The Balaban J connectivity index is 1.96. The zero-order valence-corrected chi connectivity index (χ0v) is 15.6. The van der Waals surface area contributed by atoms with Crippen molar-refractivity contribution in [2.45, 2.75) is 12.7 Å². The summed E-state index contributed by atoms with van der Waals surface area (Å²) < 4.78 is 29.3. The number of carbonyl (C=O) groups is 2. The summed E-state index contributed by atoms with van der Waals surface area (Å²) >= 11 is 5.76. The number of carbonyl (C=O) groups excluding carboxylic acids is 2. The van der Waals surface area contributed by atoms with Crippen LogP contribution in [0.1, 0.15) is 22.8 Å². The molecule has 0 spiro atoms. The van der Waals surface area contributed by atoms with Gasteiger partial charge in [-0.25, -0.2) is 13.2 Å². The van der Waals surface area contributed by atoms with E-state index in [-0.39, 0.29) is 12.4 Å². The molecule has 138 valence electrons. The van der Waals surface area contributed by atoms with Crippen LogP contribution >= 0.6 is 11.6 Å². The number of benzene rings is 2. The van der Waals surface area contributed by atoms with E-state index in [0.29, 0.717) is 21.8 Å². The van der Waals surface area contributed by atoms with Crippen molar-refractivity contribution < 1.29 is 22.7 Å². The average molecular weight is 396 g/mol. The molecule has 0 saturated heterocycles. The largest absolute Gasteiger partial charge is 0.462 e. The monoisotopic (exact) mass is 395 g/mol. The van der Waals surface area contributed by atoms with Crippen molar-refractivity contribution in [3.8, 4) is 0 Å². The van der Waals surface area contributed by atoms with Crippen LogP contribution in [-0.2, 0) is 25.1 Å². The molecule has 0 aliphatic rings. The number of amides is 1. The highest BCUT2D eigenvalue weighted by Gasteiger charge is 2.18. The van der Waals surface area contributed by atoms with Gasteiger partial charge in [0.2, 0.25) is 5.91 Å². The van der Waals surface area contributed by atoms with Crippen molar-refractivity contribution in [3.05, 3.63) is 64.7 Å². The minimum absolute atomic E-state index is 0.262. The third-order valence-electron chi connectivity index (χ3n) is 3.33. The number of rotatable bonds is 7. The van der Waals surface area contributed by atoms with Gasteiger partial charge in [-0.15, -0.1) is 0 Å². The average Bonchev–Trinajstić information content (AvgIpc) is 2.57. The number of hydrogen-bond acceptors (Lipinski definition) is 5. The van der Waals surface area contributed by atoms with Crippen molar-refractivity contribution in [2.75, 3.05) is 17.7 Å². The van der Waals surface area contributed by atoms with Crippen LogP contribution in [0.25, 0.3) is 0 Å². The molecule has 0 heterocycles. The molecule has 0 fully saturated rings. The molecule has 0 aliphatic carbocycles. The molecule has 0 radical (unpaired) electrons. The summed E-state index contributed by atoms with van der Waals surface area (Å²) in [6.45, 7) is 1.96. The molecule has 2 aromatic rings. The van der Waals surface area contributed by atoms with Gasteiger partial charge in [0.25, 0.3) is 0 Å². The maximum absolute atomic E-state index is 12.2. The lowest BCUT2D eigenvalue weighted by molar-refractivity contribution is -0.113. The number of sulfone groups is 1. The summed E-state index contributed by atoms with van der Waals surface area (Å²) in [6, 6.07) is 12.4. The van der Waals surface area contributed by atoms with E-state index in [1.807, 2.05) is 0 Å². The van der Waals surface area contributed by atoms with E-state index in [4.69, 9.17) is 16.3 Å². The Kier molecular flexibility index (Phi) is 6.76. The Labute approximate surface area is 157 Å². The Morgan fingerprint density at radius 2 is 1.65 bits per heavy atom. The molecule has 0 aromatic heterocycles. The molecule has 0 aliphatic heterocycles. The molecule has 1 N–H and O–H groups in total. The Morgan fingerprint density at radius 3 is 2.23 bits per heavy atom. The summed E-state index contributed by atoms with van der Waals surface area (Å²) in [7, 11) is -3.66. The highest BCUT2D eigenvalue weighted by molar-refractivity contribution is 7.91. The van der Waals surface area contributed by atoms with Gasteiger partial charge in [-0.1, -0.05) is 23.7 Å². The van der Waals surface area contributed by atoms with Crippen molar-refractivity contribution in [2.24, 2.45) is 0 Å². The van der Waals surface area contributed by atoms with Gasteiger partial charge in [-0.3, -0.25) is 4.79 Å². The highest BCUT2D eigenvalue weighted by Crippen LogP contribution is 2.14. The standard InChI is InChI=1S/C18H18ClNO5S/c1-2-25-18(22)14-5-3-13(4-6-14)11-26(23,24)12-17(21)20-16-9-7-15(19)8-10-16/h3-10H,2,11-12H2,1H3,(H,20,21). The van der Waals surface area contributed by atoms with E-state index in [0.717, 1.165) is 0 Å². The van der Waals surface area contributed by atoms with Crippen LogP contribution in [0.3, 0.4) is 0 Å².